The van der Waals surface area contributed by atoms with Crippen LogP contribution in [-0.2, 0) is 26.3 Å². The molecule has 2 aliphatic heterocycles. The highest BCUT2D eigenvalue weighted by atomic mass is 32.2. The minimum absolute atomic E-state index is 0.0299. The molecule has 0 radical (unpaired) electrons. The Morgan fingerprint density at radius 3 is 2.62 bits per heavy atom. The SMILES string of the molecule is CCS(=O)(=O)C1CN(S(=O)(=O)c2cccc3c2OCC3)C1. The van der Waals surface area contributed by atoms with Crippen LogP contribution in [0.2, 0.25) is 0 Å². The molecule has 1 aromatic carbocycles. The van der Waals surface area contributed by atoms with E-state index in [0.717, 1.165) is 5.56 Å². The number of benzene rings is 1. The predicted molar refractivity (Wildman–Crippen MR) is 77.6 cm³/mol. The van der Waals surface area contributed by atoms with Gasteiger partial charge in [0, 0.05) is 25.3 Å². The molecule has 0 spiro atoms. The van der Waals surface area contributed by atoms with Gasteiger partial charge in [0.1, 0.15) is 10.6 Å². The summed E-state index contributed by atoms with van der Waals surface area (Å²) in [5, 5.41) is -0.588. The van der Waals surface area contributed by atoms with Gasteiger partial charge in [-0.1, -0.05) is 19.1 Å². The van der Waals surface area contributed by atoms with Crippen LogP contribution in [0.15, 0.2) is 23.1 Å². The largest absolute Gasteiger partial charge is 0.492 e. The monoisotopic (exact) mass is 331 g/mol. The Labute approximate surface area is 124 Å². The highest BCUT2D eigenvalue weighted by Crippen LogP contribution is 2.36. The molecule has 0 bridgehead atoms. The first kappa shape index (κ1) is 14.8. The van der Waals surface area contributed by atoms with Crippen LogP contribution in [0.5, 0.6) is 5.75 Å². The van der Waals surface area contributed by atoms with E-state index in [1.807, 2.05) is 6.07 Å². The Morgan fingerprint density at radius 2 is 1.95 bits per heavy atom. The second-order valence-electron chi connectivity index (χ2n) is 5.24. The number of hydrogen-bond acceptors (Lipinski definition) is 5. The first-order chi connectivity index (χ1) is 9.86. The number of sulfone groups is 1. The topological polar surface area (TPSA) is 80.8 Å². The normalized spacial score (nSPS) is 19.9. The molecule has 0 unspecified atom stereocenters. The maximum Gasteiger partial charge on any atom is 0.246 e. The smallest absolute Gasteiger partial charge is 0.246 e. The maximum atomic E-state index is 12.6. The summed E-state index contributed by atoms with van der Waals surface area (Å²) in [6.45, 7) is 2.11. The minimum atomic E-state index is -3.69. The molecule has 0 amide bonds. The molecular formula is C13H17NO5S2. The number of rotatable bonds is 4. The average molecular weight is 331 g/mol. The summed E-state index contributed by atoms with van der Waals surface area (Å²) in [4.78, 5) is 0.143. The van der Waals surface area contributed by atoms with Crippen molar-refractivity contribution in [2.45, 2.75) is 23.5 Å². The number of para-hydroxylation sites is 1. The van der Waals surface area contributed by atoms with Gasteiger partial charge < -0.3 is 4.74 Å². The summed E-state index contributed by atoms with van der Waals surface area (Å²) in [5.74, 6) is 0.453. The third-order valence-corrected chi connectivity index (χ3v) is 7.99. The van der Waals surface area contributed by atoms with E-state index in [1.165, 1.54) is 10.4 Å². The Bertz CT molecular complexity index is 764. The van der Waals surface area contributed by atoms with Crippen LogP contribution in [0.1, 0.15) is 12.5 Å². The molecule has 2 aliphatic rings. The third-order valence-electron chi connectivity index (χ3n) is 4.02. The van der Waals surface area contributed by atoms with Gasteiger partial charge in [-0.2, -0.15) is 4.31 Å². The lowest BCUT2D eigenvalue weighted by Gasteiger charge is -2.37. The van der Waals surface area contributed by atoms with E-state index in [0.29, 0.717) is 18.8 Å². The second kappa shape index (κ2) is 4.96. The number of sulfonamides is 1. The molecule has 1 aromatic rings. The molecular weight excluding hydrogens is 314 g/mol. The fourth-order valence-corrected chi connectivity index (χ4v) is 5.77. The lowest BCUT2D eigenvalue weighted by Crippen LogP contribution is -2.57. The molecule has 21 heavy (non-hydrogen) atoms. The molecule has 0 N–H and O–H groups in total. The Morgan fingerprint density at radius 1 is 1.24 bits per heavy atom. The first-order valence-corrected chi connectivity index (χ1v) is 9.98. The van der Waals surface area contributed by atoms with E-state index in [-0.39, 0.29) is 23.7 Å². The molecule has 3 rings (SSSR count). The minimum Gasteiger partial charge on any atom is -0.492 e. The first-order valence-electron chi connectivity index (χ1n) is 6.82. The van der Waals surface area contributed by atoms with Crippen molar-refractivity contribution in [1.82, 2.24) is 4.31 Å². The van der Waals surface area contributed by atoms with Gasteiger partial charge >= 0.3 is 0 Å². The molecule has 116 valence electrons. The van der Waals surface area contributed by atoms with Gasteiger partial charge in [0.2, 0.25) is 10.0 Å². The van der Waals surface area contributed by atoms with E-state index >= 15 is 0 Å². The van der Waals surface area contributed by atoms with Gasteiger partial charge in [-0.25, -0.2) is 16.8 Å². The third kappa shape index (κ3) is 2.35. The van der Waals surface area contributed by atoms with Crippen molar-refractivity contribution in [2.75, 3.05) is 25.4 Å². The second-order valence-corrected chi connectivity index (χ2v) is 9.71. The molecule has 1 fully saturated rings. The zero-order valence-electron chi connectivity index (χ0n) is 11.6. The van der Waals surface area contributed by atoms with Crippen molar-refractivity contribution in [1.29, 1.82) is 0 Å². The lowest BCUT2D eigenvalue weighted by atomic mass is 10.2. The van der Waals surface area contributed by atoms with E-state index < -0.39 is 25.1 Å². The zero-order chi connectivity index (χ0) is 15.3. The number of hydrogen-bond donors (Lipinski definition) is 0. The van der Waals surface area contributed by atoms with Gasteiger partial charge in [0.25, 0.3) is 0 Å². The van der Waals surface area contributed by atoms with Crippen molar-refractivity contribution in [3.8, 4) is 5.75 Å². The highest BCUT2D eigenvalue weighted by Gasteiger charge is 2.44. The van der Waals surface area contributed by atoms with Gasteiger partial charge in [0.05, 0.1) is 11.9 Å². The van der Waals surface area contributed by atoms with Gasteiger partial charge in [0.15, 0.2) is 9.84 Å². The van der Waals surface area contributed by atoms with Gasteiger partial charge in [-0.3, -0.25) is 0 Å². The Hall–Kier alpha value is -1.12. The van der Waals surface area contributed by atoms with Crippen LogP contribution in [-0.4, -0.2) is 51.8 Å². The van der Waals surface area contributed by atoms with Crippen molar-refractivity contribution >= 4 is 19.9 Å². The summed E-state index contributed by atoms with van der Waals surface area (Å²) in [6, 6.07) is 5.06. The van der Waals surface area contributed by atoms with E-state index in [1.54, 1.807) is 13.0 Å². The quantitative estimate of drug-likeness (QED) is 0.799. The highest BCUT2D eigenvalue weighted by molar-refractivity contribution is 7.92. The Balaban J connectivity index is 1.86. The number of nitrogens with zero attached hydrogens (tertiary/aromatic N) is 1. The summed E-state index contributed by atoms with van der Waals surface area (Å²) >= 11 is 0. The molecule has 2 heterocycles. The standard InChI is InChI=1S/C13H17NO5S2/c1-2-20(15,16)11-8-14(9-11)21(17,18)12-5-3-4-10-6-7-19-13(10)12/h3-5,11H,2,6-9H2,1H3. The van der Waals surface area contributed by atoms with E-state index in [2.05, 4.69) is 0 Å². The summed E-state index contributed by atoms with van der Waals surface area (Å²) in [6.07, 6.45) is 0.700. The zero-order valence-corrected chi connectivity index (χ0v) is 13.3. The van der Waals surface area contributed by atoms with Crippen molar-refractivity contribution < 1.29 is 21.6 Å². The molecule has 0 aromatic heterocycles. The van der Waals surface area contributed by atoms with E-state index in [4.69, 9.17) is 4.74 Å². The van der Waals surface area contributed by atoms with Crippen LogP contribution in [0.25, 0.3) is 0 Å². The molecule has 0 saturated carbocycles. The molecule has 0 aliphatic carbocycles. The molecule has 0 atom stereocenters. The average Bonchev–Trinajstić information content (AvgIpc) is 2.83. The fourth-order valence-electron chi connectivity index (χ4n) is 2.59. The Kier molecular flexibility index (Phi) is 3.50. The summed E-state index contributed by atoms with van der Waals surface area (Å²) in [5.41, 5.74) is 0.884. The van der Waals surface area contributed by atoms with Crippen LogP contribution in [0.3, 0.4) is 0 Å². The van der Waals surface area contributed by atoms with Crippen molar-refractivity contribution in [2.24, 2.45) is 0 Å². The number of ether oxygens (including phenoxy) is 1. The maximum absolute atomic E-state index is 12.6. The van der Waals surface area contributed by atoms with Crippen molar-refractivity contribution in [3.63, 3.8) is 0 Å². The van der Waals surface area contributed by atoms with Gasteiger partial charge in [-0.15, -0.1) is 0 Å². The van der Waals surface area contributed by atoms with Crippen LogP contribution in [0, 0.1) is 0 Å². The van der Waals surface area contributed by atoms with Crippen LogP contribution in [0.4, 0.5) is 0 Å². The van der Waals surface area contributed by atoms with Crippen molar-refractivity contribution in [3.05, 3.63) is 23.8 Å². The van der Waals surface area contributed by atoms with Gasteiger partial charge in [-0.05, 0) is 11.6 Å². The lowest BCUT2D eigenvalue weighted by molar-refractivity contribution is 0.305. The van der Waals surface area contributed by atoms with E-state index in [9.17, 15) is 16.8 Å². The fraction of sp³-hybridized carbons (Fsp3) is 0.538. The van der Waals surface area contributed by atoms with Crippen LogP contribution < -0.4 is 4.74 Å². The summed E-state index contributed by atoms with van der Waals surface area (Å²) in [7, 11) is -6.87. The van der Waals surface area contributed by atoms with Crippen LogP contribution >= 0.6 is 0 Å². The molecule has 8 heteroatoms. The predicted octanol–water partition coefficient (Wildman–Crippen LogP) is 0.429. The molecule has 1 saturated heterocycles. The number of fused-ring (bicyclic) bond motifs is 1. The summed E-state index contributed by atoms with van der Waals surface area (Å²) < 4.78 is 55.3. The molecule has 6 nitrogen and oxygen atoms in total.